The van der Waals surface area contributed by atoms with Gasteiger partial charge in [-0.25, -0.2) is 4.79 Å². The predicted molar refractivity (Wildman–Crippen MR) is 137 cm³/mol. The van der Waals surface area contributed by atoms with Crippen LogP contribution < -0.4 is 0 Å². The number of carbonyl (C=O) groups excluding carboxylic acids is 3. The van der Waals surface area contributed by atoms with Crippen LogP contribution in [0, 0.1) is 10.1 Å². The summed E-state index contributed by atoms with van der Waals surface area (Å²) >= 11 is 0. The quantitative estimate of drug-likeness (QED) is 0.139. The van der Waals surface area contributed by atoms with E-state index in [1.165, 1.54) is 44.3 Å². The van der Waals surface area contributed by atoms with E-state index in [2.05, 4.69) is 4.99 Å². The Hall–Kier alpha value is -4.86. The number of esters is 2. The van der Waals surface area contributed by atoms with Crippen LogP contribution in [0.5, 0.6) is 0 Å². The van der Waals surface area contributed by atoms with E-state index in [9.17, 15) is 24.5 Å². The maximum absolute atomic E-state index is 13.6. The number of nitro groups is 1. The van der Waals surface area contributed by atoms with Crippen molar-refractivity contribution in [1.29, 1.82) is 0 Å². The maximum atomic E-state index is 13.6. The molecule has 0 radical (unpaired) electrons. The summed E-state index contributed by atoms with van der Waals surface area (Å²) in [7, 11) is 0. The van der Waals surface area contributed by atoms with Gasteiger partial charge in [0.15, 0.2) is 11.6 Å². The van der Waals surface area contributed by atoms with E-state index in [4.69, 9.17) is 9.47 Å². The molecule has 194 valence electrons. The average molecular weight is 516 g/mol. The molecule has 3 aromatic carbocycles. The summed E-state index contributed by atoms with van der Waals surface area (Å²) in [5.74, 6) is -1.90. The Morgan fingerprint density at radius 3 is 2.24 bits per heavy atom. The Balaban J connectivity index is 1.63. The van der Waals surface area contributed by atoms with Crippen molar-refractivity contribution in [2.24, 2.45) is 4.99 Å². The Labute approximate surface area is 218 Å². The van der Waals surface area contributed by atoms with Crippen LogP contribution in [0.4, 0.5) is 5.69 Å². The molecule has 1 aliphatic rings. The number of aliphatic imine (C=N–C) groups is 1. The molecule has 0 aromatic heterocycles. The minimum atomic E-state index is -1.53. The number of carbonyl (C=O) groups is 3. The number of nitrogens with zero attached hydrogens (tertiary/aromatic N) is 3. The molecular formula is C28H25N3O7. The van der Waals surface area contributed by atoms with Gasteiger partial charge in [0.1, 0.15) is 6.61 Å². The number of nitro benzene ring substituents is 1. The molecule has 1 amide bonds. The summed E-state index contributed by atoms with van der Waals surface area (Å²) in [6.45, 7) is 2.70. The highest BCUT2D eigenvalue weighted by atomic mass is 16.6. The molecule has 3 aromatic rings. The highest BCUT2D eigenvalue weighted by Gasteiger charge is 2.63. The molecule has 0 aliphatic carbocycles. The zero-order valence-electron chi connectivity index (χ0n) is 20.7. The first kappa shape index (κ1) is 26.2. The van der Waals surface area contributed by atoms with Crippen molar-refractivity contribution in [2.75, 3.05) is 0 Å². The molecule has 10 nitrogen and oxygen atoms in total. The summed E-state index contributed by atoms with van der Waals surface area (Å²) in [6.07, 6.45) is 0.178. The van der Waals surface area contributed by atoms with Gasteiger partial charge in [-0.2, -0.15) is 0 Å². The molecule has 1 fully saturated rings. The van der Waals surface area contributed by atoms with Crippen molar-refractivity contribution < 1.29 is 28.8 Å². The topological polar surface area (TPSA) is 128 Å². The van der Waals surface area contributed by atoms with Crippen LogP contribution in [0.25, 0.3) is 0 Å². The normalized spacial score (nSPS) is 19.5. The number of likely N-dealkylation sites (tertiary alicyclic amines) is 1. The fraction of sp³-hybridized carbons (Fsp3) is 0.214. The zero-order valence-corrected chi connectivity index (χ0v) is 20.7. The van der Waals surface area contributed by atoms with E-state index < -0.39 is 40.6 Å². The third-order valence-corrected chi connectivity index (χ3v) is 6.10. The first-order valence-electron chi connectivity index (χ1n) is 11.8. The van der Waals surface area contributed by atoms with Crippen LogP contribution in [-0.4, -0.2) is 45.7 Å². The minimum absolute atomic E-state index is 0.00116. The summed E-state index contributed by atoms with van der Waals surface area (Å²) in [6, 6.07) is 22.1. The minimum Gasteiger partial charge on any atom is -0.459 e. The lowest BCUT2D eigenvalue weighted by atomic mass is 9.85. The van der Waals surface area contributed by atoms with Crippen LogP contribution in [0.1, 0.15) is 36.6 Å². The highest BCUT2D eigenvalue weighted by Crippen LogP contribution is 2.42. The van der Waals surface area contributed by atoms with Gasteiger partial charge in [0, 0.05) is 25.3 Å². The van der Waals surface area contributed by atoms with Crippen molar-refractivity contribution in [3.8, 4) is 0 Å². The molecule has 38 heavy (non-hydrogen) atoms. The van der Waals surface area contributed by atoms with Crippen molar-refractivity contribution in [3.63, 3.8) is 0 Å². The SMILES string of the molecule is CC(=O)O[C@@H]1N(C(C(=O)OCc2ccccc2)c2ccccc2)C(=O)[C@@]1(C)/N=C/c1ccc([N+](=O)[O-])cc1. The molecule has 0 bridgehead atoms. The molecule has 0 N–H and O–H groups in total. The Bertz CT molecular complexity index is 1360. The van der Waals surface area contributed by atoms with Gasteiger partial charge < -0.3 is 9.47 Å². The van der Waals surface area contributed by atoms with Gasteiger partial charge in [-0.05, 0) is 35.7 Å². The first-order chi connectivity index (χ1) is 18.2. The maximum Gasteiger partial charge on any atom is 0.334 e. The second kappa shape index (κ2) is 11.0. The number of amides is 1. The van der Waals surface area contributed by atoms with E-state index in [0.29, 0.717) is 11.1 Å². The largest absolute Gasteiger partial charge is 0.459 e. The predicted octanol–water partition coefficient (Wildman–Crippen LogP) is 3.99. The number of rotatable bonds is 9. The number of hydrogen-bond donors (Lipinski definition) is 0. The Morgan fingerprint density at radius 2 is 1.66 bits per heavy atom. The van der Waals surface area contributed by atoms with Gasteiger partial charge in [0.2, 0.25) is 6.23 Å². The first-order valence-corrected chi connectivity index (χ1v) is 11.8. The van der Waals surface area contributed by atoms with E-state index >= 15 is 0 Å². The van der Waals surface area contributed by atoms with E-state index in [-0.39, 0.29) is 12.3 Å². The molecule has 4 rings (SSSR count). The number of β-lactam (4-membered cyclic amide) rings is 1. The highest BCUT2D eigenvalue weighted by molar-refractivity contribution is 5.99. The van der Waals surface area contributed by atoms with Crippen LogP contribution in [0.3, 0.4) is 0 Å². The standard InChI is InChI=1S/C28H25N3O7/c1-19(32)38-27-28(2,29-17-20-13-15-23(16-14-20)31(35)36)26(34)30(27)24(22-11-7-4-8-12-22)25(33)37-18-21-9-5-3-6-10-21/h3-17,24,27H,18H2,1-2H3/b29-17+/t24?,27-,28+/m0/s1. The fourth-order valence-corrected chi connectivity index (χ4v) is 4.12. The van der Waals surface area contributed by atoms with Gasteiger partial charge in [-0.15, -0.1) is 0 Å². The molecule has 1 heterocycles. The van der Waals surface area contributed by atoms with Crippen molar-refractivity contribution in [1.82, 2.24) is 4.90 Å². The lowest BCUT2D eigenvalue weighted by Gasteiger charge is -2.52. The average Bonchev–Trinajstić information content (AvgIpc) is 2.93. The zero-order chi connectivity index (χ0) is 27.3. The lowest BCUT2D eigenvalue weighted by Crippen LogP contribution is -2.74. The summed E-state index contributed by atoms with van der Waals surface area (Å²) < 4.78 is 11.1. The summed E-state index contributed by atoms with van der Waals surface area (Å²) in [5.41, 5.74) is 0.151. The number of non-ortho nitro benzene ring substituents is 1. The van der Waals surface area contributed by atoms with Gasteiger partial charge in [-0.3, -0.25) is 29.6 Å². The lowest BCUT2D eigenvalue weighted by molar-refractivity contribution is -0.384. The van der Waals surface area contributed by atoms with E-state index in [1.807, 2.05) is 30.3 Å². The third-order valence-electron chi connectivity index (χ3n) is 6.10. The summed E-state index contributed by atoms with van der Waals surface area (Å²) in [4.78, 5) is 54.9. The summed E-state index contributed by atoms with van der Waals surface area (Å²) in [5, 5.41) is 10.9. The number of ether oxygens (including phenoxy) is 2. The van der Waals surface area contributed by atoms with Crippen LogP contribution in [-0.2, 0) is 30.5 Å². The smallest absolute Gasteiger partial charge is 0.334 e. The second-order valence-corrected chi connectivity index (χ2v) is 8.84. The van der Waals surface area contributed by atoms with Gasteiger partial charge >= 0.3 is 11.9 Å². The van der Waals surface area contributed by atoms with Crippen LogP contribution >= 0.6 is 0 Å². The van der Waals surface area contributed by atoms with Gasteiger partial charge in [0.05, 0.1) is 4.92 Å². The Morgan fingerprint density at radius 1 is 1.05 bits per heavy atom. The molecule has 3 atom stereocenters. The van der Waals surface area contributed by atoms with Crippen LogP contribution in [0.2, 0.25) is 0 Å². The molecule has 1 saturated heterocycles. The molecule has 1 aliphatic heterocycles. The van der Waals surface area contributed by atoms with E-state index in [0.717, 1.165) is 10.5 Å². The number of benzene rings is 3. The molecule has 1 unspecified atom stereocenters. The third kappa shape index (κ3) is 5.44. The number of hydrogen-bond acceptors (Lipinski definition) is 8. The second-order valence-electron chi connectivity index (χ2n) is 8.84. The van der Waals surface area contributed by atoms with Gasteiger partial charge in [0.25, 0.3) is 11.6 Å². The van der Waals surface area contributed by atoms with Crippen molar-refractivity contribution >= 4 is 29.7 Å². The molecule has 10 heteroatoms. The monoisotopic (exact) mass is 515 g/mol. The van der Waals surface area contributed by atoms with Crippen molar-refractivity contribution in [2.45, 2.75) is 38.3 Å². The molecular weight excluding hydrogens is 490 g/mol. The van der Waals surface area contributed by atoms with Gasteiger partial charge in [-0.1, -0.05) is 60.7 Å². The van der Waals surface area contributed by atoms with E-state index in [1.54, 1.807) is 30.3 Å². The molecule has 0 spiro atoms. The van der Waals surface area contributed by atoms with Crippen molar-refractivity contribution in [3.05, 3.63) is 112 Å². The fourth-order valence-electron chi connectivity index (χ4n) is 4.12. The Kier molecular flexibility index (Phi) is 7.61. The van der Waals surface area contributed by atoms with Crippen LogP contribution in [0.15, 0.2) is 89.9 Å². The molecule has 0 saturated carbocycles.